The summed E-state index contributed by atoms with van der Waals surface area (Å²) in [5.41, 5.74) is 1.68. The number of benzene rings is 1. The van der Waals surface area contributed by atoms with E-state index in [0.717, 1.165) is 5.56 Å². The van der Waals surface area contributed by atoms with Gasteiger partial charge < -0.3 is 20.6 Å². The van der Waals surface area contributed by atoms with E-state index in [-0.39, 0.29) is 42.1 Å². The van der Waals surface area contributed by atoms with Gasteiger partial charge in [-0.2, -0.15) is 0 Å². The minimum absolute atomic E-state index is 0.0450. The first kappa shape index (κ1) is 25.8. The fourth-order valence-corrected chi connectivity index (χ4v) is 3.99. The standard InChI is InChI=1S/C25H39N3O4/c1-15(17-9-11-18(12-10-17)24(3,4)5)26-22(31)20-13-19(30)14-28(20)23(32)21(25(6,7)8)27-16(2)29/h9-12,15,19-21,30H,13-14H2,1-8H3,(H,26,31)(H,27,29)/t15-,19?,20?,21?/m0/s1. The molecule has 1 saturated heterocycles. The van der Waals surface area contributed by atoms with Gasteiger partial charge in [0, 0.05) is 19.9 Å². The highest BCUT2D eigenvalue weighted by Crippen LogP contribution is 2.27. The highest BCUT2D eigenvalue weighted by atomic mass is 16.3. The van der Waals surface area contributed by atoms with Crippen molar-refractivity contribution < 1.29 is 19.5 Å². The lowest BCUT2D eigenvalue weighted by molar-refractivity contribution is -0.144. The number of carbonyl (C=O) groups is 3. The fraction of sp³-hybridized carbons (Fsp3) is 0.640. The molecule has 1 aromatic rings. The van der Waals surface area contributed by atoms with E-state index in [4.69, 9.17) is 0 Å². The first-order chi connectivity index (χ1) is 14.6. The molecule has 0 aliphatic carbocycles. The smallest absolute Gasteiger partial charge is 0.246 e. The van der Waals surface area contributed by atoms with Gasteiger partial charge >= 0.3 is 0 Å². The minimum atomic E-state index is -0.789. The van der Waals surface area contributed by atoms with Gasteiger partial charge in [-0.3, -0.25) is 14.4 Å². The van der Waals surface area contributed by atoms with Gasteiger partial charge in [0.25, 0.3) is 0 Å². The number of nitrogens with zero attached hydrogens (tertiary/aromatic N) is 1. The summed E-state index contributed by atoms with van der Waals surface area (Å²) in [4.78, 5) is 39.5. The van der Waals surface area contributed by atoms with Crippen LogP contribution in [0.1, 0.15) is 79.0 Å². The first-order valence-electron chi connectivity index (χ1n) is 11.3. The zero-order valence-electron chi connectivity index (χ0n) is 20.7. The van der Waals surface area contributed by atoms with Crippen LogP contribution in [-0.4, -0.2) is 52.5 Å². The van der Waals surface area contributed by atoms with Crippen LogP contribution in [0, 0.1) is 5.41 Å². The molecular formula is C25H39N3O4. The number of β-amino-alcohol motifs (C(OH)–C–C–N with tert-alkyl or cyclic N) is 1. The maximum Gasteiger partial charge on any atom is 0.246 e. The molecule has 0 saturated carbocycles. The van der Waals surface area contributed by atoms with Crippen molar-refractivity contribution in [1.82, 2.24) is 15.5 Å². The SMILES string of the molecule is CC(=O)NC(C(=O)N1CC(O)CC1C(=O)N[C@@H](C)c1ccc(C(C)(C)C)cc1)C(C)(C)C. The molecule has 3 amide bonds. The second-order valence-electron chi connectivity index (χ2n) is 11.0. The largest absolute Gasteiger partial charge is 0.391 e. The van der Waals surface area contributed by atoms with E-state index in [1.807, 2.05) is 39.8 Å². The first-order valence-corrected chi connectivity index (χ1v) is 11.3. The summed E-state index contributed by atoms with van der Waals surface area (Å²) in [6.45, 7) is 15.3. The van der Waals surface area contributed by atoms with E-state index >= 15 is 0 Å². The molecule has 1 aliphatic rings. The van der Waals surface area contributed by atoms with Gasteiger partial charge in [0.2, 0.25) is 17.7 Å². The van der Waals surface area contributed by atoms with Gasteiger partial charge in [-0.15, -0.1) is 0 Å². The second-order valence-corrected chi connectivity index (χ2v) is 11.0. The predicted molar refractivity (Wildman–Crippen MR) is 125 cm³/mol. The zero-order chi connectivity index (χ0) is 24.4. The average Bonchev–Trinajstić information content (AvgIpc) is 3.06. The van der Waals surface area contributed by atoms with Crippen LogP contribution in [0.5, 0.6) is 0 Å². The van der Waals surface area contributed by atoms with Crippen LogP contribution < -0.4 is 10.6 Å². The van der Waals surface area contributed by atoms with Gasteiger partial charge in [0.15, 0.2) is 0 Å². The maximum absolute atomic E-state index is 13.3. The molecule has 4 atom stereocenters. The highest BCUT2D eigenvalue weighted by molar-refractivity contribution is 5.93. The molecule has 0 spiro atoms. The van der Waals surface area contributed by atoms with E-state index in [2.05, 4.69) is 43.5 Å². The third-order valence-corrected chi connectivity index (χ3v) is 5.96. The second kappa shape index (κ2) is 9.61. The molecule has 0 bridgehead atoms. The summed E-state index contributed by atoms with van der Waals surface area (Å²) in [6.07, 6.45) is -0.612. The molecule has 7 nitrogen and oxygen atoms in total. The Kier molecular flexibility index (Phi) is 7.76. The molecular weight excluding hydrogens is 406 g/mol. The molecule has 3 N–H and O–H groups in total. The van der Waals surface area contributed by atoms with Crippen molar-refractivity contribution >= 4 is 17.7 Å². The maximum atomic E-state index is 13.3. The molecule has 0 aromatic heterocycles. The molecule has 2 rings (SSSR count). The topological polar surface area (TPSA) is 98.7 Å². The molecule has 7 heteroatoms. The van der Waals surface area contributed by atoms with Crippen molar-refractivity contribution in [2.24, 2.45) is 5.41 Å². The van der Waals surface area contributed by atoms with Crippen LogP contribution in [0.25, 0.3) is 0 Å². The minimum Gasteiger partial charge on any atom is -0.391 e. The van der Waals surface area contributed by atoms with Crippen molar-refractivity contribution in [2.75, 3.05) is 6.54 Å². The molecule has 3 unspecified atom stereocenters. The molecule has 1 heterocycles. The Morgan fingerprint density at radius 3 is 2.06 bits per heavy atom. The Hall–Kier alpha value is -2.41. The lowest BCUT2D eigenvalue weighted by Gasteiger charge is -2.35. The summed E-state index contributed by atoms with van der Waals surface area (Å²) in [5.74, 6) is -0.976. The van der Waals surface area contributed by atoms with Crippen LogP contribution in [-0.2, 0) is 19.8 Å². The molecule has 0 radical (unpaired) electrons. The fourth-order valence-electron chi connectivity index (χ4n) is 3.99. The summed E-state index contributed by atoms with van der Waals surface area (Å²) >= 11 is 0. The molecule has 1 aromatic carbocycles. The van der Waals surface area contributed by atoms with E-state index in [9.17, 15) is 19.5 Å². The van der Waals surface area contributed by atoms with E-state index < -0.39 is 23.6 Å². The summed E-state index contributed by atoms with van der Waals surface area (Å²) < 4.78 is 0. The highest BCUT2D eigenvalue weighted by Gasteiger charge is 2.44. The third kappa shape index (κ3) is 6.31. The number of likely N-dealkylation sites (tertiary alicyclic amines) is 1. The number of rotatable bonds is 5. The van der Waals surface area contributed by atoms with Crippen molar-refractivity contribution in [3.63, 3.8) is 0 Å². The molecule has 32 heavy (non-hydrogen) atoms. The number of hydrogen-bond acceptors (Lipinski definition) is 4. The Labute approximate surface area is 191 Å². The number of aliphatic hydroxyl groups excluding tert-OH is 1. The van der Waals surface area contributed by atoms with Gasteiger partial charge in [-0.1, -0.05) is 65.8 Å². The predicted octanol–water partition coefficient (Wildman–Crippen LogP) is 2.67. The number of aliphatic hydroxyl groups is 1. The monoisotopic (exact) mass is 445 g/mol. The van der Waals surface area contributed by atoms with E-state index in [0.29, 0.717) is 0 Å². The van der Waals surface area contributed by atoms with E-state index in [1.54, 1.807) is 0 Å². The van der Waals surface area contributed by atoms with Crippen LogP contribution in [0.3, 0.4) is 0 Å². The van der Waals surface area contributed by atoms with Gasteiger partial charge in [0.05, 0.1) is 12.1 Å². The number of carbonyl (C=O) groups excluding carboxylic acids is 3. The molecule has 1 aliphatic heterocycles. The van der Waals surface area contributed by atoms with Crippen LogP contribution in [0.2, 0.25) is 0 Å². The van der Waals surface area contributed by atoms with Crippen LogP contribution >= 0.6 is 0 Å². The Bertz CT molecular complexity index is 836. The van der Waals surface area contributed by atoms with Gasteiger partial charge in [-0.25, -0.2) is 0 Å². The lowest BCUT2D eigenvalue weighted by Crippen LogP contribution is -2.57. The van der Waals surface area contributed by atoms with Crippen molar-refractivity contribution in [2.45, 2.75) is 91.5 Å². The Morgan fingerprint density at radius 1 is 1.03 bits per heavy atom. The zero-order valence-corrected chi connectivity index (χ0v) is 20.7. The number of nitrogens with one attached hydrogen (secondary N) is 2. The van der Waals surface area contributed by atoms with Crippen molar-refractivity contribution in [3.05, 3.63) is 35.4 Å². The van der Waals surface area contributed by atoms with Crippen LogP contribution in [0.15, 0.2) is 24.3 Å². The van der Waals surface area contributed by atoms with Gasteiger partial charge in [-0.05, 0) is 28.9 Å². The van der Waals surface area contributed by atoms with E-state index in [1.165, 1.54) is 17.4 Å². The summed E-state index contributed by atoms with van der Waals surface area (Å²) in [7, 11) is 0. The summed E-state index contributed by atoms with van der Waals surface area (Å²) in [5, 5.41) is 15.9. The normalized spacial score (nSPS) is 21.1. The quantitative estimate of drug-likeness (QED) is 0.649. The van der Waals surface area contributed by atoms with Crippen molar-refractivity contribution in [3.8, 4) is 0 Å². The molecule has 1 fully saturated rings. The molecule has 178 valence electrons. The summed E-state index contributed by atoms with van der Waals surface area (Å²) in [6, 6.07) is 6.31. The number of hydrogen-bond donors (Lipinski definition) is 3. The van der Waals surface area contributed by atoms with Crippen molar-refractivity contribution in [1.29, 1.82) is 0 Å². The third-order valence-electron chi connectivity index (χ3n) is 5.96. The van der Waals surface area contributed by atoms with Crippen LogP contribution in [0.4, 0.5) is 0 Å². The Balaban J connectivity index is 2.17. The number of amides is 3. The Morgan fingerprint density at radius 2 is 1.59 bits per heavy atom. The average molecular weight is 446 g/mol. The van der Waals surface area contributed by atoms with Gasteiger partial charge in [0.1, 0.15) is 12.1 Å². The lowest BCUT2D eigenvalue weighted by atomic mass is 9.85.